The summed E-state index contributed by atoms with van der Waals surface area (Å²) in [5, 5.41) is 0. The first-order valence-electron chi connectivity index (χ1n) is 9.71. The van der Waals surface area contributed by atoms with Gasteiger partial charge in [0.05, 0.1) is 0 Å². The fraction of sp³-hybridized carbons (Fsp3) is 1.00. The topological polar surface area (TPSA) is 12.0 Å². The second-order valence-corrected chi connectivity index (χ2v) is 18.5. The highest BCUT2D eigenvalue weighted by Crippen LogP contribution is 2.39. The molecule has 0 atom stereocenters. The molecule has 0 spiro atoms. The lowest BCUT2D eigenvalue weighted by Crippen LogP contribution is -2.63. The Morgan fingerprint density at radius 1 is 0.524 bits per heavy atom. The third-order valence-corrected chi connectivity index (χ3v) is 16.8. The van der Waals surface area contributed by atoms with Crippen LogP contribution in [0.15, 0.2) is 0 Å². The molecule has 0 amide bonds. The summed E-state index contributed by atoms with van der Waals surface area (Å²) < 4.78 is 4.41. The first kappa shape index (κ1) is 17.7. The van der Waals surface area contributed by atoms with Crippen LogP contribution in [0.5, 0.6) is 0 Å². The van der Waals surface area contributed by atoms with E-state index in [0.29, 0.717) is 0 Å². The third kappa shape index (κ3) is 5.21. The van der Waals surface area contributed by atoms with Crippen molar-refractivity contribution in [3.05, 3.63) is 0 Å². The van der Waals surface area contributed by atoms with Crippen LogP contribution < -0.4 is 4.65 Å². The number of hydrogen-bond donors (Lipinski definition) is 1. The van der Waals surface area contributed by atoms with E-state index >= 15 is 0 Å². The predicted molar refractivity (Wildman–Crippen MR) is 101 cm³/mol. The van der Waals surface area contributed by atoms with Gasteiger partial charge in [-0.3, -0.25) is 0 Å². The van der Waals surface area contributed by atoms with Crippen molar-refractivity contribution in [1.29, 1.82) is 0 Å². The van der Waals surface area contributed by atoms with E-state index in [4.69, 9.17) is 0 Å². The Labute approximate surface area is 135 Å². The lowest BCUT2D eigenvalue weighted by molar-refractivity contribution is 0.652. The maximum Gasteiger partial charge on any atom is 0.116 e. The van der Waals surface area contributed by atoms with E-state index in [1.54, 1.807) is 0 Å². The molecule has 1 nitrogen and oxygen atoms in total. The van der Waals surface area contributed by atoms with Gasteiger partial charge in [0.15, 0.2) is 0 Å². The van der Waals surface area contributed by atoms with Gasteiger partial charge < -0.3 is 4.65 Å². The van der Waals surface area contributed by atoms with Gasteiger partial charge in [-0.05, 0) is 11.1 Å². The van der Waals surface area contributed by atoms with Gasteiger partial charge in [-0.15, -0.1) is 0 Å². The Morgan fingerprint density at radius 3 is 1.10 bits per heavy atom. The third-order valence-electron chi connectivity index (χ3n) is 6.40. The van der Waals surface area contributed by atoms with E-state index in [9.17, 15) is 0 Å². The molecule has 0 saturated heterocycles. The molecule has 21 heavy (non-hydrogen) atoms. The number of rotatable bonds is 4. The van der Waals surface area contributed by atoms with Gasteiger partial charge >= 0.3 is 0 Å². The minimum Gasteiger partial charge on any atom is -0.359 e. The van der Waals surface area contributed by atoms with Gasteiger partial charge in [-0.25, -0.2) is 0 Å². The van der Waals surface area contributed by atoms with Crippen LogP contribution in [-0.2, 0) is 0 Å². The molecule has 2 rings (SSSR count). The molecule has 1 N–H and O–H groups in total. The zero-order valence-corrected chi connectivity index (χ0v) is 17.1. The normalized spacial score (nSPS) is 24.6. The monoisotopic (exact) mass is 325 g/mol. The highest BCUT2D eigenvalue weighted by Gasteiger charge is 2.41. The van der Waals surface area contributed by atoms with Crippen LogP contribution in [-0.4, -0.2) is 16.5 Å². The summed E-state index contributed by atoms with van der Waals surface area (Å²) in [6, 6.07) is 0. The van der Waals surface area contributed by atoms with Crippen molar-refractivity contribution in [2.45, 2.75) is 114 Å². The van der Waals surface area contributed by atoms with Crippen molar-refractivity contribution in [3.8, 4) is 0 Å². The summed E-state index contributed by atoms with van der Waals surface area (Å²) in [4.78, 5) is 0. The molecular weight excluding hydrogens is 286 g/mol. The average molecular weight is 326 g/mol. The summed E-state index contributed by atoms with van der Waals surface area (Å²) in [5.74, 6) is 0. The molecule has 3 heteroatoms. The van der Waals surface area contributed by atoms with Gasteiger partial charge in [0, 0.05) is 0 Å². The molecule has 0 aromatic heterocycles. The molecule has 0 heterocycles. The van der Waals surface area contributed by atoms with E-state index in [0.717, 1.165) is 11.1 Å². The Bertz CT molecular complexity index is 268. The lowest BCUT2D eigenvalue weighted by atomic mass is 10.2. The number of nitrogens with one attached hydrogen (secondary N) is 1. The highest BCUT2D eigenvalue weighted by atomic mass is 28.4. The van der Waals surface area contributed by atoms with E-state index in [2.05, 4.69) is 30.8 Å². The van der Waals surface area contributed by atoms with Crippen LogP contribution in [0.25, 0.3) is 0 Å². The summed E-state index contributed by atoms with van der Waals surface area (Å²) in [7, 11) is -2.52. The van der Waals surface area contributed by atoms with Gasteiger partial charge in [-0.1, -0.05) is 103 Å². The first-order chi connectivity index (χ1) is 9.92. The van der Waals surface area contributed by atoms with Crippen LogP contribution >= 0.6 is 0 Å². The molecule has 2 saturated carbocycles. The van der Waals surface area contributed by atoms with Crippen LogP contribution in [0.2, 0.25) is 37.3 Å². The quantitative estimate of drug-likeness (QED) is 0.463. The summed E-state index contributed by atoms with van der Waals surface area (Å²) in [6.45, 7) is 10.6. The van der Waals surface area contributed by atoms with Crippen LogP contribution in [0.4, 0.5) is 0 Å². The minimum atomic E-state index is -1.26. The SMILES string of the molecule is C[Si](C)(N[Si](C)(C)C1CCCCCC1)C1CCCCCC1. The summed E-state index contributed by atoms with van der Waals surface area (Å²) in [6.07, 6.45) is 18.0. The van der Waals surface area contributed by atoms with Gasteiger partial charge in [0.1, 0.15) is 16.5 Å². The van der Waals surface area contributed by atoms with E-state index < -0.39 is 16.5 Å². The maximum atomic E-state index is 4.41. The van der Waals surface area contributed by atoms with Crippen molar-refractivity contribution in [3.63, 3.8) is 0 Å². The molecule has 0 bridgehead atoms. The van der Waals surface area contributed by atoms with Gasteiger partial charge in [0.2, 0.25) is 0 Å². The molecule has 0 aromatic carbocycles. The molecule has 2 aliphatic rings. The molecule has 124 valence electrons. The predicted octanol–water partition coefficient (Wildman–Crippen LogP) is 6.44. The van der Waals surface area contributed by atoms with Crippen molar-refractivity contribution in [2.24, 2.45) is 0 Å². The first-order valence-corrected chi connectivity index (χ1v) is 15.9. The lowest BCUT2D eigenvalue weighted by Gasteiger charge is -2.43. The molecule has 0 radical (unpaired) electrons. The van der Waals surface area contributed by atoms with Crippen molar-refractivity contribution >= 4 is 16.5 Å². The molecule has 0 aromatic rings. The molecule has 0 aliphatic heterocycles. The van der Waals surface area contributed by atoms with E-state index in [1.165, 1.54) is 77.0 Å². The van der Waals surface area contributed by atoms with E-state index in [1.807, 2.05) is 0 Å². The van der Waals surface area contributed by atoms with E-state index in [-0.39, 0.29) is 0 Å². The Hall–Kier alpha value is 0.394. The fourth-order valence-electron chi connectivity index (χ4n) is 5.04. The van der Waals surface area contributed by atoms with Crippen LogP contribution in [0, 0.1) is 0 Å². The maximum absolute atomic E-state index is 4.41. The Morgan fingerprint density at radius 2 is 0.810 bits per heavy atom. The average Bonchev–Trinajstić information content (AvgIpc) is 2.83. The second kappa shape index (κ2) is 7.78. The summed E-state index contributed by atoms with van der Waals surface area (Å²) in [5.41, 5.74) is 2.08. The number of hydrogen-bond acceptors (Lipinski definition) is 1. The second-order valence-electron chi connectivity index (χ2n) is 8.95. The Balaban J connectivity index is 1.98. The fourth-order valence-corrected chi connectivity index (χ4v) is 17.0. The van der Waals surface area contributed by atoms with Gasteiger partial charge in [0.25, 0.3) is 0 Å². The Kier molecular flexibility index (Phi) is 6.58. The van der Waals surface area contributed by atoms with Crippen molar-refractivity contribution in [2.75, 3.05) is 0 Å². The van der Waals surface area contributed by atoms with Crippen molar-refractivity contribution < 1.29 is 0 Å². The van der Waals surface area contributed by atoms with Crippen LogP contribution in [0.3, 0.4) is 0 Å². The molecule has 2 aliphatic carbocycles. The zero-order chi connectivity index (χ0) is 15.3. The van der Waals surface area contributed by atoms with Crippen molar-refractivity contribution in [1.82, 2.24) is 4.65 Å². The summed E-state index contributed by atoms with van der Waals surface area (Å²) >= 11 is 0. The molecular formula is C18H39NSi2. The standard InChI is InChI=1S/C18H39NSi2/c1-20(2,17-13-9-5-6-10-14-17)19-21(3,4)18-15-11-7-8-12-16-18/h17-19H,5-16H2,1-4H3. The largest absolute Gasteiger partial charge is 0.359 e. The van der Waals surface area contributed by atoms with Crippen LogP contribution in [0.1, 0.15) is 77.0 Å². The van der Waals surface area contributed by atoms with Gasteiger partial charge in [-0.2, -0.15) is 0 Å². The highest BCUT2D eigenvalue weighted by molar-refractivity contribution is 6.92. The molecule has 2 fully saturated rings. The minimum absolute atomic E-state index is 1.04. The zero-order valence-electron chi connectivity index (χ0n) is 15.1. The smallest absolute Gasteiger partial charge is 0.116 e. The molecule has 0 unspecified atom stereocenters.